The summed E-state index contributed by atoms with van der Waals surface area (Å²) in [6.07, 6.45) is 0. The van der Waals surface area contributed by atoms with Crippen molar-refractivity contribution in [1.82, 2.24) is 0 Å². The number of hydrogen-bond donors (Lipinski definition) is 3. The standard InChI is InChI=1S/C18H16N2O4/c1-10-4-3-5-15(11(10)2)19-17(22)14-8-12-6-7-13(21)9-16(12)24-18(14)20-23/h3-9,21,23H,1-2H3,(H,19,22)/b20-18-. The molecule has 0 aliphatic carbocycles. The molecule has 122 valence electrons. The average Bonchev–Trinajstić information content (AvgIpc) is 2.57. The zero-order valence-electron chi connectivity index (χ0n) is 13.2. The first-order valence-electron chi connectivity index (χ1n) is 7.32. The highest BCUT2D eigenvalue weighted by atomic mass is 16.5. The van der Waals surface area contributed by atoms with Gasteiger partial charge < -0.3 is 20.0 Å². The first-order chi connectivity index (χ1) is 11.5. The maximum atomic E-state index is 12.6. The van der Waals surface area contributed by atoms with E-state index in [-0.39, 0.29) is 16.9 Å². The molecule has 0 aliphatic rings. The minimum atomic E-state index is -0.449. The minimum absolute atomic E-state index is 0.0164. The molecule has 3 aromatic rings. The van der Waals surface area contributed by atoms with E-state index in [1.54, 1.807) is 18.2 Å². The van der Waals surface area contributed by atoms with Gasteiger partial charge in [0.15, 0.2) is 0 Å². The highest BCUT2D eigenvalue weighted by molar-refractivity contribution is 6.05. The molecule has 1 heterocycles. The van der Waals surface area contributed by atoms with Crippen LogP contribution in [-0.4, -0.2) is 16.2 Å². The largest absolute Gasteiger partial charge is 0.508 e. The zero-order valence-corrected chi connectivity index (χ0v) is 13.2. The van der Waals surface area contributed by atoms with E-state index in [1.165, 1.54) is 12.1 Å². The van der Waals surface area contributed by atoms with Gasteiger partial charge in [0, 0.05) is 17.1 Å². The van der Waals surface area contributed by atoms with Crippen molar-refractivity contribution in [2.24, 2.45) is 5.16 Å². The van der Waals surface area contributed by atoms with E-state index in [0.717, 1.165) is 11.1 Å². The summed E-state index contributed by atoms with van der Waals surface area (Å²) in [7, 11) is 0. The Morgan fingerprint density at radius 1 is 1.17 bits per heavy atom. The first-order valence-corrected chi connectivity index (χ1v) is 7.32. The molecule has 0 aliphatic heterocycles. The summed E-state index contributed by atoms with van der Waals surface area (Å²) in [5.74, 6) is -0.432. The molecular weight excluding hydrogens is 308 g/mol. The third-order valence-corrected chi connectivity index (χ3v) is 3.92. The van der Waals surface area contributed by atoms with E-state index in [0.29, 0.717) is 16.7 Å². The summed E-state index contributed by atoms with van der Waals surface area (Å²) in [4.78, 5) is 12.6. The number of phenolic OH excluding ortho intramolecular Hbond substituents is 1. The van der Waals surface area contributed by atoms with Crippen LogP contribution in [0.25, 0.3) is 11.0 Å². The molecule has 3 N–H and O–H groups in total. The Morgan fingerprint density at radius 3 is 2.71 bits per heavy atom. The number of carbonyl (C=O) groups excluding carboxylic acids is 1. The summed E-state index contributed by atoms with van der Waals surface area (Å²) in [5.41, 5.74) is 2.86. The number of aromatic hydroxyl groups is 1. The lowest BCUT2D eigenvalue weighted by atomic mass is 10.1. The van der Waals surface area contributed by atoms with E-state index >= 15 is 0 Å². The van der Waals surface area contributed by atoms with Crippen LogP contribution in [0, 0.1) is 13.8 Å². The van der Waals surface area contributed by atoms with Crippen molar-refractivity contribution in [3.05, 3.63) is 64.7 Å². The number of aryl methyl sites for hydroxylation is 1. The summed E-state index contributed by atoms with van der Waals surface area (Å²) in [6, 6.07) is 11.6. The number of fused-ring (bicyclic) bond motifs is 1. The number of rotatable bonds is 2. The van der Waals surface area contributed by atoms with Crippen molar-refractivity contribution in [1.29, 1.82) is 0 Å². The van der Waals surface area contributed by atoms with Gasteiger partial charge in [-0.2, -0.15) is 0 Å². The minimum Gasteiger partial charge on any atom is -0.508 e. The second-order valence-electron chi connectivity index (χ2n) is 5.49. The highest BCUT2D eigenvalue weighted by Crippen LogP contribution is 2.21. The van der Waals surface area contributed by atoms with Crippen molar-refractivity contribution >= 4 is 22.6 Å². The van der Waals surface area contributed by atoms with Crippen LogP contribution in [-0.2, 0) is 0 Å². The molecule has 0 saturated carbocycles. The van der Waals surface area contributed by atoms with E-state index in [4.69, 9.17) is 9.62 Å². The zero-order chi connectivity index (χ0) is 17.3. The molecule has 2 aromatic carbocycles. The fourth-order valence-corrected chi connectivity index (χ4v) is 2.42. The Kier molecular flexibility index (Phi) is 3.95. The fourth-order valence-electron chi connectivity index (χ4n) is 2.42. The van der Waals surface area contributed by atoms with Gasteiger partial charge in [-0.05, 0) is 54.4 Å². The van der Waals surface area contributed by atoms with Crippen molar-refractivity contribution in [2.75, 3.05) is 5.32 Å². The summed E-state index contributed by atoms with van der Waals surface area (Å²) >= 11 is 0. The Hall–Kier alpha value is -3.28. The van der Waals surface area contributed by atoms with Gasteiger partial charge >= 0.3 is 0 Å². The monoisotopic (exact) mass is 324 g/mol. The van der Waals surface area contributed by atoms with E-state index < -0.39 is 5.91 Å². The second kappa shape index (κ2) is 6.08. The topological polar surface area (TPSA) is 95.1 Å². The average molecular weight is 324 g/mol. The Bertz CT molecular complexity index is 1010. The smallest absolute Gasteiger partial charge is 0.268 e. The van der Waals surface area contributed by atoms with Gasteiger partial charge in [-0.25, -0.2) is 0 Å². The molecule has 0 unspecified atom stereocenters. The van der Waals surface area contributed by atoms with Crippen LogP contribution in [0.15, 0.2) is 52.0 Å². The van der Waals surface area contributed by atoms with Crippen LogP contribution >= 0.6 is 0 Å². The number of amides is 1. The lowest BCUT2D eigenvalue weighted by molar-refractivity contribution is 0.102. The lowest BCUT2D eigenvalue weighted by Gasteiger charge is -2.10. The number of phenols is 1. The van der Waals surface area contributed by atoms with Gasteiger partial charge in [0.25, 0.3) is 11.5 Å². The molecule has 0 bridgehead atoms. The molecule has 0 atom stereocenters. The molecule has 3 rings (SSSR count). The Morgan fingerprint density at radius 2 is 1.96 bits per heavy atom. The highest BCUT2D eigenvalue weighted by Gasteiger charge is 2.14. The van der Waals surface area contributed by atoms with Crippen LogP contribution in [0.3, 0.4) is 0 Å². The Labute approximate surface area is 137 Å². The van der Waals surface area contributed by atoms with Crippen LogP contribution in [0.5, 0.6) is 5.75 Å². The van der Waals surface area contributed by atoms with Gasteiger partial charge in [0.1, 0.15) is 16.9 Å². The van der Waals surface area contributed by atoms with Crippen molar-refractivity contribution in [3.63, 3.8) is 0 Å². The molecule has 24 heavy (non-hydrogen) atoms. The van der Waals surface area contributed by atoms with Gasteiger partial charge in [-0.3, -0.25) is 4.79 Å². The number of nitrogens with zero attached hydrogens (tertiary/aromatic N) is 1. The summed E-state index contributed by atoms with van der Waals surface area (Å²) < 4.78 is 5.40. The number of anilines is 1. The number of nitrogens with one attached hydrogen (secondary N) is 1. The third kappa shape index (κ3) is 2.81. The molecule has 1 aromatic heterocycles. The SMILES string of the molecule is Cc1cccc(NC(=O)c2cc3ccc(O)cc3o/c2=N\O)c1C. The molecule has 6 nitrogen and oxygen atoms in total. The van der Waals surface area contributed by atoms with Gasteiger partial charge in [0.05, 0.1) is 0 Å². The summed E-state index contributed by atoms with van der Waals surface area (Å²) in [5, 5.41) is 25.1. The maximum absolute atomic E-state index is 12.6. The molecule has 0 fully saturated rings. The van der Waals surface area contributed by atoms with E-state index in [1.807, 2.05) is 26.0 Å². The Balaban J connectivity index is 2.06. The second-order valence-corrected chi connectivity index (χ2v) is 5.49. The van der Waals surface area contributed by atoms with Crippen molar-refractivity contribution < 1.29 is 19.5 Å². The van der Waals surface area contributed by atoms with Crippen molar-refractivity contribution in [3.8, 4) is 5.75 Å². The van der Waals surface area contributed by atoms with E-state index in [2.05, 4.69) is 10.5 Å². The first kappa shape index (κ1) is 15.6. The lowest BCUT2D eigenvalue weighted by Crippen LogP contribution is -2.22. The maximum Gasteiger partial charge on any atom is 0.268 e. The quantitative estimate of drug-likeness (QED) is 0.498. The molecule has 1 amide bonds. The van der Waals surface area contributed by atoms with Crippen LogP contribution in [0.1, 0.15) is 21.5 Å². The van der Waals surface area contributed by atoms with Crippen molar-refractivity contribution in [2.45, 2.75) is 13.8 Å². The van der Waals surface area contributed by atoms with E-state index in [9.17, 15) is 9.90 Å². The number of hydrogen-bond acceptors (Lipinski definition) is 5. The van der Waals surface area contributed by atoms with Crippen LogP contribution in [0.4, 0.5) is 5.69 Å². The van der Waals surface area contributed by atoms with Gasteiger partial charge in [-0.15, -0.1) is 0 Å². The molecule has 6 heteroatoms. The molecule has 0 saturated heterocycles. The normalized spacial score (nSPS) is 11.7. The van der Waals surface area contributed by atoms with Gasteiger partial charge in [-0.1, -0.05) is 12.1 Å². The van der Waals surface area contributed by atoms with Crippen LogP contribution < -0.4 is 10.9 Å². The summed E-state index contributed by atoms with van der Waals surface area (Å²) in [6.45, 7) is 3.87. The third-order valence-electron chi connectivity index (χ3n) is 3.92. The molecule has 0 spiro atoms. The van der Waals surface area contributed by atoms with Gasteiger partial charge in [0.2, 0.25) is 0 Å². The number of benzene rings is 2. The fraction of sp³-hybridized carbons (Fsp3) is 0.111. The predicted octanol–water partition coefficient (Wildman–Crippen LogP) is 3.30. The molecular formula is C18H16N2O4. The van der Waals surface area contributed by atoms with Crippen LogP contribution in [0.2, 0.25) is 0 Å². The predicted molar refractivity (Wildman–Crippen MR) is 89.1 cm³/mol. The molecule has 0 radical (unpaired) electrons. The number of carbonyl (C=O) groups is 1.